The Morgan fingerprint density at radius 1 is 1.13 bits per heavy atom. The van der Waals surface area contributed by atoms with Crippen LogP contribution in [-0.2, 0) is 25.6 Å². The van der Waals surface area contributed by atoms with Gasteiger partial charge in [-0.3, -0.25) is 9.59 Å². The van der Waals surface area contributed by atoms with E-state index in [0.717, 1.165) is 16.1 Å². The second kappa shape index (κ2) is 10.1. The second-order valence-electron chi connectivity index (χ2n) is 7.35. The van der Waals surface area contributed by atoms with Crippen LogP contribution in [0.2, 0.25) is 0 Å². The van der Waals surface area contributed by atoms with Crippen molar-refractivity contribution in [1.82, 2.24) is 5.32 Å². The Bertz CT molecular complexity index is 883. The zero-order chi connectivity index (χ0) is 21.7. The van der Waals surface area contributed by atoms with E-state index in [1.165, 1.54) is 31.5 Å². The number of nitrogens with one attached hydrogen (secondary N) is 1. The molecule has 30 heavy (non-hydrogen) atoms. The molecule has 6 nitrogen and oxygen atoms in total. The van der Waals surface area contributed by atoms with E-state index in [-0.39, 0.29) is 18.4 Å². The van der Waals surface area contributed by atoms with E-state index in [0.29, 0.717) is 6.54 Å². The van der Waals surface area contributed by atoms with Crippen molar-refractivity contribution in [3.05, 3.63) is 59.7 Å². The standard InChI is InChI=1S/C23H28N2O4S/c1-15-9-11-17(12-10-15)14-25-18-7-5-6-8-19(18)30-21(23(25)27)16(2)22(26)24-13-20(28-3)29-4/h5-12,16,20-21H,13-14H2,1-4H3,(H,24,26)/t16-,21+/m0/s1. The SMILES string of the molecule is COC(CNC(=O)[C@@H](C)[C@H]1Sc2ccccc2N(Cc2ccc(C)cc2)C1=O)OC. The molecule has 160 valence electrons. The number of thioether (sulfide) groups is 1. The summed E-state index contributed by atoms with van der Waals surface area (Å²) in [7, 11) is 3.04. The van der Waals surface area contributed by atoms with Crippen LogP contribution in [0.4, 0.5) is 5.69 Å². The minimum atomic E-state index is -0.519. The van der Waals surface area contributed by atoms with E-state index in [1.807, 2.05) is 55.5 Å². The number of fused-ring (bicyclic) bond motifs is 1. The van der Waals surface area contributed by atoms with Crippen LogP contribution in [0.15, 0.2) is 53.4 Å². The van der Waals surface area contributed by atoms with Gasteiger partial charge in [0.25, 0.3) is 0 Å². The Morgan fingerprint density at radius 2 is 1.80 bits per heavy atom. The first-order valence-corrected chi connectivity index (χ1v) is 10.8. The first-order chi connectivity index (χ1) is 14.4. The first kappa shape index (κ1) is 22.3. The predicted octanol–water partition coefficient (Wildman–Crippen LogP) is 3.37. The molecule has 1 aliphatic heterocycles. The average molecular weight is 429 g/mol. The van der Waals surface area contributed by atoms with Crippen LogP contribution in [0, 0.1) is 12.8 Å². The van der Waals surface area contributed by atoms with Gasteiger partial charge in [-0.2, -0.15) is 0 Å². The summed E-state index contributed by atoms with van der Waals surface area (Å²) in [4.78, 5) is 29.0. The molecule has 2 amide bonds. The number of carbonyl (C=O) groups excluding carboxylic acids is 2. The summed E-state index contributed by atoms with van der Waals surface area (Å²) in [5.74, 6) is -0.766. The molecular formula is C23H28N2O4S. The van der Waals surface area contributed by atoms with Crippen molar-refractivity contribution in [1.29, 1.82) is 0 Å². The Kier molecular flexibility index (Phi) is 7.53. The molecule has 0 saturated carbocycles. The van der Waals surface area contributed by atoms with Gasteiger partial charge < -0.3 is 19.7 Å². The first-order valence-electron chi connectivity index (χ1n) is 9.90. The molecule has 2 atom stereocenters. The average Bonchev–Trinajstić information content (AvgIpc) is 2.77. The quantitative estimate of drug-likeness (QED) is 0.653. The lowest BCUT2D eigenvalue weighted by molar-refractivity contribution is -0.132. The maximum absolute atomic E-state index is 13.4. The van der Waals surface area contributed by atoms with E-state index in [9.17, 15) is 9.59 Å². The van der Waals surface area contributed by atoms with Crippen LogP contribution in [0.1, 0.15) is 18.1 Å². The highest BCUT2D eigenvalue weighted by Crippen LogP contribution is 2.42. The maximum atomic E-state index is 13.4. The Balaban J connectivity index is 1.80. The van der Waals surface area contributed by atoms with Crippen molar-refractivity contribution in [2.75, 3.05) is 25.7 Å². The van der Waals surface area contributed by atoms with Gasteiger partial charge in [0.1, 0.15) is 5.25 Å². The number of hydrogen-bond acceptors (Lipinski definition) is 5. The third-order valence-electron chi connectivity index (χ3n) is 5.22. The van der Waals surface area contributed by atoms with Gasteiger partial charge in [-0.05, 0) is 24.6 Å². The predicted molar refractivity (Wildman–Crippen MR) is 118 cm³/mol. The van der Waals surface area contributed by atoms with Gasteiger partial charge in [0.2, 0.25) is 11.8 Å². The largest absolute Gasteiger partial charge is 0.354 e. The highest BCUT2D eigenvalue weighted by molar-refractivity contribution is 8.01. The van der Waals surface area contributed by atoms with Crippen molar-refractivity contribution in [2.24, 2.45) is 5.92 Å². The van der Waals surface area contributed by atoms with Crippen molar-refractivity contribution in [3.8, 4) is 0 Å². The maximum Gasteiger partial charge on any atom is 0.241 e. The number of anilines is 1. The topological polar surface area (TPSA) is 67.9 Å². The summed E-state index contributed by atoms with van der Waals surface area (Å²) in [6.07, 6.45) is -0.519. The van der Waals surface area contributed by atoms with E-state index in [4.69, 9.17) is 9.47 Å². The lowest BCUT2D eigenvalue weighted by Gasteiger charge is -2.36. The van der Waals surface area contributed by atoms with Crippen LogP contribution in [0.5, 0.6) is 0 Å². The molecule has 0 bridgehead atoms. The highest BCUT2D eigenvalue weighted by Gasteiger charge is 2.39. The van der Waals surface area contributed by atoms with Crippen LogP contribution in [-0.4, -0.2) is 44.1 Å². The lowest BCUT2D eigenvalue weighted by atomic mass is 10.0. The fourth-order valence-corrected chi connectivity index (χ4v) is 4.63. The summed E-state index contributed by atoms with van der Waals surface area (Å²) >= 11 is 1.45. The van der Waals surface area contributed by atoms with Crippen LogP contribution in [0.25, 0.3) is 0 Å². The number of nitrogens with zero attached hydrogens (tertiary/aromatic N) is 1. The van der Waals surface area contributed by atoms with E-state index < -0.39 is 17.5 Å². The molecule has 2 aromatic rings. The molecule has 0 spiro atoms. The van der Waals surface area contributed by atoms with E-state index >= 15 is 0 Å². The molecule has 0 radical (unpaired) electrons. The third kappa shape index (κ3) is 5.03. The minimum absolute atomic E-state index is 0.0584. The molecule has 3 rings (SSSR count). The number of hydrogen-bond donors (Lipinski definition) is 1. The van der Waals surface area contributed by atoms with Gasteiger partial charge in [-0.1, -0.05) is 48.9 Å². The molecular weight excluding hydrogens is 400 g/mol. The monoisotopic (exact) mass is 428 g/mol. The van der Waals surface area contributed by atoms with Crippen LogP contribution < -0.4 is 10.2 Å². The summed E-state index contributed by atoms with van der Waals surface area (Å²) < 4.78 is 10.2. The van der Waals surface area contributed by atoms with Crippen LogP contribution in [0.3, 0.4) is 0 Å². The van der Waals surface area contributed by atoms with E-state index in [2.05, 4.69) is 5.32 Å². The number of ether oxygens (including phenoxy) is 2. The van der Waals surface area contributed by atoms with Gasteiger partial charge in [0.15, 0.2) is 6.29 Å². The molecule has 0 saturated heterocycles. The van der Waals surface area contributed by atoms with Gasteiger partial charge >= 0.3 is 0 Å². The number of aryl methyl sites for hydroxylation is 1. The van der Waals surface area contributed by atoms with Crippen molar-refractivity contribution in [3.63, 3.8) is 0 Å². The molecule has 1 heterocycles. The number of carbonyl (C=O) groups is 2. The number of amides is 2. The van der Waals surface area contributed by atoms with Gasteiger partial charge in [-0.25, -0.2) is 0 Å². The summed E-state index contributed by atoms with van der Waals surface area (Å²) in [5.41, 5.74) is 3.11. The molecule has 1 N–H and O–H groups in total. The smallest absolute Gasteiger partial charge is 0.241 e. The second-order valence-corrected chi connectivity index (χ2v) is 8.53. The zero-order valence-electron chi connectivity index (χ0n) is 17.8. The fourth-order valence-electron chi connectivity index (χ4n) is 3.34. The molecule has 0 fully saturated rings. The van der Waals surface area contributed by atoms with Crippen molar-refractivity contribution >= 4 is 29.3 Å². The number of methoxy groups -OCH3 is 2. The highest BCUT2D eigenvalue weighted by atomic mass is 32.2. The van der Waals surface area contributed by atoms with Gasteiger partial charge in [-0.15, -0.1) is 11.8 Å². The Hall–Kier alpha value is -2.35. The lowest BCUT2D eigenvalue weighted by Crippen LogP contribution is -2.48. The van der Waals surface area contributed by atoms with Crippen molar-refractivity contribution < 1.29 is 19.1 Å². The fraction of sp³-hybridized carbons (Fsp3) is 0.391. The zero-order valence-corrected chi connectivity index (χ0v) is 18.6. The van der Waals surface area contributed by atoms with Gasteiger partial charge in [0.05, 0.1) is 24.7 Å². The molecule has 1 aliphatic rings. The van der Waals surface area contributed by atoms with Crippen LogP contribution >= 0.6 is 11.8 Å². The molecule has 7 heteroatoms. The third-order valence-corrected chi connectivity index (χ3v) is 6.68. The minimum Gasteiger partial charge on any atom is -0.354 e. The summed E-state index contributed by atoms with van der Waals surface area (Å²) in [6, 6.07) is 16.0. The Labute approximate surface area is 181 Å². The number of benzene rings is 2. The van der Waals surface area contributed by atoms with E-state index in [1.54, 1.807) is 11.8 Å². The molecule has 0 aromatic heterocycles. The molecule has 0 unspecified atom stereocenters. The normalized spacial score (nSPS) is 17.0. The van der Waals surface area contributed by atoms with Gasteiger partial charge in [0, 0.05) is 19.1 Å². The summed E-state index contributed by atoms with van der Waals surface area (Å²) in [6.45, 7) is 4.52. The Morgan fingerprint density at radius 3 is 2.47 bits per heavy atom. The van der Waals surface area contributed by atoms with Crippen molar-refractivity contribution in [2.45, 2.75) is 36.8 Å². The summed E-state index contributed by atoms with van der Waals surface area (Å²) in [5, 5.41) is 2.32. The molecule has 2 aromatic carbocycles. The molecule has 0 aliphatic carbocycles. The number of rotatable bonds is 8. The number of para-hydroxylation sites is 1.